The number of hydrogen-bond acceptors (Lipinski definition) is 4. The van der Waals surface area contributed by atoms with Crippen LogP contribution in [0.2, 0.25) is 0 Å². The molecule has 4 heteroatoms. The van der Waals surface area contributed by atoms with Crippen LogP contribution >= 0.6 is 0 Å². The molecule has 0 spiro atoms. The topological polar surface area (TPSA) is 39.7 Å². The maximum atomic E-state index is 5.67. The summed E-state index contributed by atoms with van der Waals surface area (Å²) in [6.45, 7) is 10.6. The third-order valence-corrected chi connectivity index (χ3v) is 2.25. The second-order valence-electron chi connectivity index (χ2n) is 5.69. The van der Waals surface area contributed by atoms with Gasteiger partial charge in [0.1, 0.15) is 0 Å². The Hall–Kier alpha value is -1.26. The van der Waals surface area contributed by atoms with Crippen LogP contribution in [0.5, 0.6) is 11.5 Å². The van der Waals surface area contributed by atoms with Gasteiger partial charge in [0.25, 0.3) is 0 Å². The third kappa shape index (κ3) is 5.94. The summed E-state index contributed by atoms with van der Waals surface area (Å²) in [5.41, 5.74) is 3.83. The van der Waals surface area contributed by atoms with Crippen LogP contribution in [-0.2, 0) is 11.4 Å². The van der Waals surface area contributed by atoms with Crippen molar-refractivity contribution in [2.24, 2.45) is 0 Å². The van der Waals surface area contributed by atoms with Gasteiger partial charge in [0, 0.05) is 6.54 Å². The van der Waals surface area contributed by atoms with Gasteiger partial charge >= 0.3 is 0 Å². The van der Waals surface area contributed by atoms with Crippen molar-refractivity contribution in [3.63, 3.8) is 0 Å². The molecular weight excluding hydrogens is 242 g/mol. The minimum atomic E-state index is -0.204. The molecule has 1 aromatic rings. The average molecular weight is 267 g/mol. The molecule has 0 aliphatic rings. The van der Waals surface area contributed by atoms with E-state index in [9.17, 15) is 0 Å². The van der Waals surface area contributed by atoms with Gasteiger partial charge in [-0.3, -0.25) is 4.84 Å². The van der Waals surface area contributed by atoms with Crippen molar-refractivity contribution in [3.05, 3.63) is 23.8 Å². The van der Waals surface area contributed by atoms with Gasteiger partial charge in [-0.2, -0.15) is 5.48 Å². The molecule has 0 unspecified atom stereocenters. The molecule has 0 aliphatic carbocycles. The number of nitrogens with one attached hydrogen (secondary N) is 1. The third-order valence-electron chi connectivity index (χ3n) is 2.25. The first-order valence-electron chi connectivity index (χ1n) is 6.56. The molecule has 1 rings (SSSR count). The van der Waals surface area contributed by atoms with E-state index in [1.807, 2.05) is 52.8 Å². The Balaban J connectivity index is 2.66. The molecule has 1 N–H and O–H groups in total. The molecule has 0 amide bonds. The lowest BCUT2D eigenvalue weighted by Gasteiger charge is -2.20. The summed E-state index contributed by atoms with van der Waals surface area (Å²) in [4.78, 5) is 5.48. The summed E-state index contributed by atoms with van der Waals surface area (Å²) in [6.07, 6.45) is 0.127. The fraction of sp³-hybridized carbons (Fsp3) is 0.600. The number of hydrogen-bond donors (Lipinski definition) is 1. The first-order chi connectivity index (χ1) is 8.81. The predicted molar refractivity (Wildman–Crippen MR) is 76.4 cm³/mol. The van der Waals surface area contributed by atoms with Crippen LogP contribution in [0.1, 0.15) is 40.2 Å². The average Bonchev–Trinajstić information content (AvgIpc) is 2.28. The van der Waals surface area contributed by atoms with E-state index in [4.69, 9.17) is 14.3 Å². The van der Waals surface area contributed by atoms with Crippen molar-refractivity contribution < 1.29 is 14.3 Å². The van der Waals surface area contributed by atoms with E-state index in [1.54, 1.807) is 7.11 Å². The minimum Gasteiger partial charge on any atom is -0.493 e. The Kier molecular flexibility index (Phi) is 5.63. The lowest BCUT2D eigenvalue weighted by molar-refractivity contribution is -0.0757. The molecule has 0 atom stereocenters. The lowest BCUT2D eigenvalue weighted by Crippen LogP contribution is -2.28. The largest absolute Gasteiger partial charge is 0.493 e. The van der Waals surface area contributed by atoms with E-state index in [1.165, 1.54) is 0 Å². The smallest absolute Gasteiger partial charge is 0.161 e. The molecule has 0 radical (unpaired) electrons. The fourth-order valence-electron chi connectivity index (χ4n) is 1.51. The Morgan fingerprint density at radius 1 is 1.16 bits per heavy atom. The zero-order valence-corrected chi connectivity index (χ0v) is 12.7. The van der Waals surface area contributed by atoms with Crippen molar-refractivity contribution >= 4 is 0 Å². The molecule has 0 bridgehead atoms. The summed E-state index contributed by atoms with van der Waals surface area (Å²) in [7, 11) is 1.64. The van der Waals surface area contributed by atoms with Crippen molar-refractivity contribution in [1.82, 2.24) is 5.48 Å². The molecule has 0 heterocycles. The number of methoxy groups -OCH3 is 1. The van der Waals surface area contributed by atoms with Crippen molar-refractivity contribution in [1.29, 1.82) is 0 Å². The summed E-state index contributed by atoms with van der Waals surface area (Å²) >= 11 is 0. The van der Waals surface area contributed by atoms with E-state index >= 15 is 0 Å². The molecule has 0 saturated heterocycles. The summed E-state index contributed by atoms with van der Waals surface area (Å²) in [5, 5.41) is 0. The second-order valence-corrected chi connectivity index (χ2v) is 5.69. The molecule has 0 fully saturated rings. The van der Waals surface area contributed by atoms with Crippen LogP contribution in [0.25, 0.3) is 0 Å². The van der Waals surface area contributed by atoms with Crippen LogP contribution < -0.4 is 15.0 Å². The van der Waals surface area contributed by atoms with Crippen LogP contribution in [0, 0.1) is 0 Å². The fourth-order valence-corrected chi connectivity index (χ4v) is 1.51. The minimum absolute atomic E-state index is 0.127. The van der Waals surface area contributed by atoms with Crippen LogP contribution in [0.3, 0.4) is 0 Å². The molecule has 4 nitrogen and oxygen atoms in total. The SMILES string of the molecule is COc1cc(CNOC(C)(C)C)ccc1OC(C)C. The highest BCUT2D eigenvalue weighted by Crippen LogP contribution is 2.28. The van der Waals surface area contributed by atoms with Gasteiger partial charge in [-0.25, -0.2) is 0 Å². The first-order valence-corrected chi connectivity index (χ1v) is 6.56. The van der Waals surface area contributed by atoms with Crippen molar-refractivity contribution in [2.45, 2.75) is 52.9 Å². The molecule has 0 aliphatic heterocycles. The lowest BCUT2D eigenvalue weighted by atomic mass is 10.2. The van der Waals surface area contributed by atoms with Gasteiger partial charge in [-0.05, 0) is 52.3 Å². The Morgan fingerprint density at radius 3 is 2.37 bits per heavy atom. The maximum absolute atomic E-state index is 5.67. The van der Waals surface area contributed by atoms with E-state index < -0.39 is 0 Å². The number of ether oxygens (including phenoxy) is 2. The number of benzene rings is 1. The highest BCUT2D eigenvalue weighted by Gasteiger charge is 2.11. The first kappa shape index (κ1) is 15.8. The van der Waals surface area contributed by atoms with Gasteiger partial charge in [-0.1, -0.05) is 6.07 Å². The molecule has 1 aromatic carbocycles. The second kappa shape index (κ2) is 6.78. The number of rotatable bonds is 6. The molecule has 19 heavy (non-hydrogen) atoms. The quantitative estimate of drug-likeness (QED) is 0.803. The van der Waals surface area contributed by atoms with Crippen LogP contribution in [-0.4, -0.2) is 18.8 Å². The van der Waals surface area contributed by atoms with Gasteiger partial charge in [0.05, 0.1) is 18.8 Å². The monoisotopic (exact) mass is 267 g/mol. The van der Waals surface area contributed by atoms with Crippen LogP contribution in [0.15, 0.2) is 18.2 Å². The van der Waals surface area contributed by atoms with E-state index in [0.29, 0.717) is 6.54 Å². The van der Waals surface area contributed by atoms with Gasteiger partial charge in [-0.15, -0.1) is 0 Å². The predicted octanol–water partition coefficient (Wildman–Crippen LogP) is 3.30. The van der Waals surface area contributed by atoms with Gasteiger partial charge in [0.15, 0.2) is 11.5 Å². The molecule has 0 aromatic heterocycles. The highest BCUT2D eigenvalue weighted by molar-refractivity contribution is 5.43. The summed E-state index contributed by atoms with van der Waals surface area (Å²) in [6, 6.07) is 5.88. The van der Waals surface area contributed by atoms with Gasteiger partial charge < -0.3 is 9.47 Å². The normalized spacial score (nSPS) is 11.7. The van der Waals surface area contributed by atoms with E-state index in [0.717, 1.165) is 17.1 Å². The van der Waals surface area contributed by atoms with E-state index in [-0.39, 0.29) is 11.7 Å². The molecule has 0 saturated carbocycles. The Labute approximate surface area is 116 Å². The highest BCUT2D eigenvalue weighted by atomic mass is 16.7. The standard InChI is InChI=1S/C15H25NO3/c1-11(2)18-13-8-7-12(9-14(13)17-6)10-16-19-15(3,4)5/h7-9,11,16H,10H2,1-6H3. The van der Waals surface area contributed by atoms with Crippen molar-refractivity contribution in [3.8, 4) is 11.5 Å². The summed E-state index contributed by atoms with van der Waals surface area (Å²) < 4.78 is 11.0. The Morgan fingerprint density at radius 2 is 1.84 bits per heavy atom. The zero-order chi connectivity index (χ0) is 14.5. The molecule has 108 valence electrons. The maximum Gasteiger partial charge on any atom is 0.161 e. The number of hydroxylamine groups is 1. The Bertz CT molecular complexity index is 397. The van der Waals surface area contributed by atoms with Gasteiger partial charge in [0.2, 0.25) is 0 Å². The van der Waals surface area contributed by atoms with E-state index in [2.05, 4.69) is 5.48 Å². The van der Waals surface area contributed by atoms with Crippen LogP contribution in [0.4, 0.5) is 0 Å². The summed E-state index contributed by atoms with van der Waals surface area (Å²) in [5.74, 6) is 1.50. The molecular formula is C15H25NO3. The zero-order valence-electron chi connectivity index (χ0n) is 12.7. The van der Waals surface area contributed by atoms with Crippen molar-refractivity contribution in [2.75, 3.05) is 7.11 Å².